The van der Waals surface area contributed by atoms with Gasteiger partial charge in [0.2, 0.25) is 0 Å². The lowest BCUT2D eigenvalue weighted by atomic mass is 10.0. The first-order valence-electron chi connectivity index (χ1n) is 11.0. The predicted octanol–water partition coefficient (Wildman–Crippen LogP) is 0.850. The summed E-state index contributed by atoms with van der Waals surface area (Å²) in [5.41, 5.74) is 9.18. The summed E-state index contributed by atoms with van der Waals surface area (Å²) in [6, 6.07) is 10.1. The number of hydrogen-bond acceptors (Lipinski definition) is 6. The number of nitrogens with zero attached hydrogens (tertiary/aromatic N) is 2. The SMILES string of the molecule is CCc1cc(C(=N)N)ccc1NC(=O)[C@H](O)[C@H]1OCCN(c2ccc3c(c2)C(=O)N(C)C3)C1=O. The number of morpholine rings is 1. The highest BCUT2D eigenvalue weighted by atomic mass is 16.5. The zero-order chi connectivity index (χ0) is 24.6. The third kappa shape index (κ3) is 4.25. The van der Waals surface area contributed by atoms with Crippen LogP contribution in [-0.4, -0.2) is 66.0 Å². The summed E-state index contributed by atoms with van der Waals surface area (Å²) in [5, 5.41) is 20.9. The van der Waals surface area contributed by atoms with Gasteiger partial charge in [-0.25, -0.2) is 0 Å². The predicted molar refractivity (Wildman–Crippen MR) is 126 cm³/mol. The van der Waals surface area contributed by atoms with Crippen molar-refractivity contribution in [2.24, 2.45) is 5.73 Å². The number of hydrogen-bond donors (Lipinski definition) is 4. The number of aliphatic hydroxyl groups is 1. The van der Waals surface area contributed by atoms with Gasteiger partial charge in [-0.15, -0.1) is 0 Å². The fourth-order valence-corrected chi connectivity index (χ4v) is 4.21. The molecule has 0 bridgehead atoms. The maximum absolute atomic E-state index is 13.1. The van der Waals surface area contributed by atoms with Crippen molar-refractivity contribution in [3.05, 3.63) is 58.7 Å². The van der Waals surface area contributed by atoms with E-state index in [-0.39, 0.29) is 24.9 Å². The molecular formula is C24H27N5O5. The summed E-state index contributed by atoms with van der Waals surface area (Å²) in [4.78, 5) is 41.3. The number of carbonyl (C=O) groups is 3. The van der Waals surface area contributed by atoms with E-state index >= 15 is 0 Å². The maximum Gasteiger partial charge on any atom is 0.259 e. The van der Waals surface area contributed by atoms with Gasteiger partial charge in [0.1, 0.15) is 5.84 Å². The van der Waals surface area contributed by atoms with Gasteiger partial charge in [0, 0.05) is 42.6 Å². The molecule has 2 aromatic rings. The molecule has 4 rings (SSSR count). The Bertz CT molecular complexity index is 1180. The molecule has 0 saturated carbocycles. The van der Waals surface area contributed by atoms with E-state index in [4.69, 9.17) is 15.9 Å². The number of ether oxygens (including phenoxy) is 1. The van der Waals surface area contributed by atoms with Crippen molar-refractivity contribution < 1.29 is 24.2 Å². The van der Waals surface area contributed by atoms with Crippen molar-refractivity contribution in [2.75, 3.05) is 30.4 Å². The van der Waals surface area contributed by atoms with Gasteiger partial charge in [-0.1, -0.05) is 13.0 Å². The molecule has 0 aliphatic carbocycles. The topological polar surface area (TPSA) is 149 Å². The first-order valence-corrected chi connectivity index (χ1v) is 11.0. The monoisotopic (exact) mass is 465 g/mol. The lowest BCUT2D eigenvalue weighted by Crippen LogP contribution is -2.55. The number of nitrogens with two attached hydrogens (primary N) is 1. The number of aryl methyl sites for hydroxylation is 1. The van der Waals surface area contributed by atoms with Crippen molar-refractivity contribution in [3.63, 3.8) is 0 Å². The van der Waals surface area contributed by atoms with Gasteiger partial charge >= 0.3 is 0 Å². The van der Waals surface area contributed by atoms with Gasteiger partial charge in [-0.2, -0.15) is 0 Å². The molecule has 10 heteroatoms. The fourth-order valence-electron chi connectivity index (χ4n) is 4.21. The molecule has 0 radical (unpaired) electrons. The van der Waals surface area contributed by atoms with E-state index in [1.165, 1.54) is 4.90 Å². The molecule has 34 heavy (non-hydrogen) atoms. The number of amidine groups is 1. The summed E-state index contributed by atoms with van der Waals surface area (Å²) < 4.78 is 5.48. The van der Waals surface area contributed by atoms with Crippen LogP contribution in [0.15, 0.2) is 36.4 Å². The Balaban J connectivity index is 1.50. The standard InChI is InChI=1S/C24H27N5O5/c1-3-13-10-14(21(25)26)5-7-18(13)27-22(31)19(30)20-24(33)29(8-9-34-20)16-6-4-15-12-28(2)23(32)17(15)11-16/h4-7,10-11,19-20,30H,3,8-9,12H2,1-2H3,(H3,25,26)(H,27,31)/t19-,20-/m1/s1. The number of anilines is 2. The molecule has 178 valence electrons. The van der Waals surface area contributed by atoms with Crippen LogP contribution < -0.4 is 16.0 Å². The fraction of sp³-hybridized carbons (Fsp3) is 0.333. The summed E-state index contributed by atoms with van der Waals surface area (Å²) >= 11 is 0. The zero-order valence-corrected chi connectivity index (χ0v) is 19.0. The number of fused-ring (bicyclic) bond motifs is 1. The quantitative estimate of drug-likeness (QED) is 0.367. The summed E-state index contributed by atoms with van der Waals surface area (Å²) in [6.45, 7) is 2.76. The molecule has 2 heterocycles. The van der Waals surface area contributed by atoms with E-state index in [2.05, 4.69) is 5.32 Å². The highest BCUT2D eigenvalue weighted by Gasteiger charge is 2.40. The van der Waals surface area contributed by atoms with Gasteiger partial charge in [0.15, 0.2) is 12.2 Å². The van der Waals surface area contributed by atoms with Crippen LogP contribution in [0.1, 0.15) is 34.0 Å². The van der Waals surface area contributed by atoms with E-state index in [1.807, 2.05) is 13.0 Å². The Morgan fingerprint density at radius 2 is 2.06 bits per heavy atom. The molecule has 10 nitrogen and oxygen atoms in total. The molecule has 0 spiro atoms. The first-order chi connectivity index (χ1) is 16.2. The zero-order valence-electron chi connectivity index (χ0n) is 19.0. The second-order valence-electron chi connectivity index (χ2n) is 8.36. The molecule has 2 aliphatic rings. The highest BCUT2D eigenvalue weighted by Crippen LogP contribution is 2.28. The average Bonchev–Trinajstić information content (AvgIpc) is 3.11. The molecule has 3 amide bonds. The van der Waals surface area contributed by atoms with Crippen molar-refractivity contribution in [2.45, 2.75) is 32.1 Å². The van der Waals surface area contributed by atoms with E-state index in [1.54, 1.807) is 42.3 Å². The Hall–Kier alpha value is -3.76. The Morgan fingerprint density at radius 1 is 1.29 bits per heavy atom. The molecule has 1 fully saturated rings. The second kappa shape index (κ2) is 9.24. The molecule has 2 atom stereocenters. The van der Waals surface area contributed by atoms with E-state index in [0.29, 0.717) is 35.5 Å². The molecule has 0 unspecified atom stereocenters. The van der Waals surface area contributed by atoms with Crippen LogP contribution in [0.3, 0.4) is 0 Å². The Labute approximate surface area is 196 Å². The van der Waals surface area contributed by atoms with Crippen LogP contribution in [0.4, 0.5) is 11.4 Å². The number of amides is 3. The average molecular weight is 466 g/mol. The minimum Gasteiger partial charge on any atom is -0.384 e. The van der Waals surface area contributed by atoms with Gasteiger partial charge in [-0.3, -0.25) is 19.8 Å². The van der Waals surface area contributed by atoms with Crippen LogP contribution in [0, 0.1) is 5.41 Å². The number of benzene rings is 2. The van der Waals surface area contributed by atoms with Crippen molar-refractivity contribution >= 4 is 34.9 Å². The summed E-state index contributed by atoms with van der Waals surface area (Å²) in [5.74, 6) is -1.55. The van der Waals surface area contributed by atoms with Crippen molar-refractivity contribution in [3.8, 4) is 0 Å². The van der Waals surface area contributed by atoms with Crippen LogP contribution >= 0.6 is 0 Å². The van der Waals surface area contributed by atoms with Gasteiger partial charge in [0.05, 0.1) is 6.61 Å². The van der Waals surface area contributed by atoms with Crippen LogP contribution in [0.5, 0.6) is 0 Å². The van der Waals surface area contributed by atoms with Crippen LogP contribution in [-0.2, 0) is 27.3 Å². The highest BCUT2D eigenvalue weighted by molar-refractivity contribution is 6.05. The van der Waals surface area contributed by atoms with E-state index in [9.17, 15) is 19.5 Å². The van der Waals surface area contributed by atoms with Crippen LogP contribution in [0.25, 0.3) is 0 Å². The third-order valence-corrected chi connectivity index (χ3v) is 6.12. The smallest absolute Gasteiger partial charge is 0.259 e. The molecule has 2 aliphatic heterocycles. The minimum absolute atomic E-state index is 0.0891. The minimum atomic E-state index is -1.74. The Kier molecular flexibility index (Phi) is 6.36. The largest absolute Gasteiger partial charge is 0.384 e. The molecule has 5 N–H and O–H groups in total. The lowest BCUT2D eigenvalue weighted by Gasteiger charge is -2.34. The number of nitrogen functional groups attached to an aromatic ring is 1. The third-order valence-electron chi connectivity index (χ3n) is 6.12. The summed E-state index contributed by atoms with van der Waals surface area (Å²) in [6.07, 6.45) is -2.57. The lowest BCUT2D eigenvalue weighted by molar-refractivity contribution is -0.150. The number of nitrogens with one attached hydrogen (secondary N) is 2. The normalized spacial score (nSPS) is 18.6. The number of rotatable bonds is 6. The first kappa shape index (κ1) is 23.4. The van der Waals surface area contributed by atoms with Crippen LogP contribution in [0.2, 0.25) is 0 Å². The van der Waals surface area contributed by atoms with Gasteiger partial charge in [0.25, 0.3) is 17.7 Å². The Morgan fingerprint density at radius 3 is 2.76 bits per heavy atom. The number of carbonyl (C=O) groups excluding carboxylic acids is 3. The second-order valence-corrected chi connectivity index (χ2v) is 8.36. The van der Waals surface area contributed by atoms with E-state index in [0.717, 1.165) is 11.1 Å². The van der Waals surface area contributed by atoms with Crippen molar-refractivity contribution in [1.82, 2.24) is 4.90 Å². The number of aliphatic hydroxyl groups excluding tert-OH is 1. The molecule has 0 aromatic heterocycles. The maximum atomic E-state index is 13.1. The van der Waals surface area contributed by atoms with Crippen molar-refractivity contribution in [1.29, 1.82) is 5.41 Å². The van der Waals surface area contributed by atoms with Gasteiger partial charge < -0.3 is 30.7 Å². The van der Waals surface area contributed by atoms with Gasteiger partial charge in [-0.05, 0) is 47.9 Å². The molecule has 2 aromatic carbocycles. The van der Waals surface area contributed by atoms with E-state index < -0.39 is 24.0 Å². The summed E-state index contributed by atoms with van der Waals surface area (Å²) in [7, 11) is 1.71. The molecular weight excluding hydrogens is 438 g/mol. The molecule has 1 saturated heterocycles.